The first-order valence-electron chi connectivity index (χ1n) is 5.16. The van der Waals surface area contributed by atoms with Crippen molar-refractivity contribution in [2.45, 2.75) is 0 Å². The summed E-state index contributed by atoms with van der Waals surface area (Å²) in [6, 6.07) is 6.28. The number of benzene rings is 1. The van der Waals surface area contributed by atoms with Gasteiger partial charge in [0.2, 0.25) is 0 Å². The Morgan fingerprint density at radius 1 is 1.26 bits per heavy atom. The summed E-state index contributed by atoms with van der Waals surface area (Å²) >= 11 is 6.45. The second-order valence-electron chi connectivity index (χ2n) is 3.65. The Morgan fingerprint density at radius 2 is 2.00 bits per heavy atom. The number of carboxylic acid groups (broad SMARTS) is 1. The van der Waals surface area contributed by atoms with Crippen LogP contribution >= 0.6 is 31.9 Å². The zero-order valence-electron chi connectivity index (χ0n) is 9.41. The molecule has 5 nitrogen and oxygen atoms in total. The Kier molecular flexibility index (Phi) is 4.06. The number of halogens is 2. The van der Waals surface area contributed by atoms with E-state index in [-0.39, 0.29) is 11.3 Å². The molecule has 0 atom stereocenters. The van der Waals surface area contributed by atoms with E-state index < -0.39 is 11.9 Å². The lowest BCUT2D eigenvalue weighted by Crippen LogP contribution is -2.15. The molecule has 2 aromatic rings. The van der Waals surface area contributed by atoms with E-state index in [4.69, 9.17) is 5.11 Å². The summed E-state index contributed by atoms with van der Waals surface area (Å²) in [5.74, 6) is -1.52. The van der Waals surface area contributed by atoms with Gasteiger partial charge in [0.25, 0.3) is 5.91 Å². The molecule has 1 heterocycles. The molecule has 0 saturated heterocycles. The molecule has 0 fully saturated rings. The molecule has 0 spiro atoms. The first-order valence-corrected chi connectivity index (χ1v) is 6.74. The molecule has 7 heteroatoms. The monoisotopic (exact) mass is 386 g/mol. The first-order chi connectivity index (χ1) is 8.99. The minimum Gasteiger partial charge on any atom is -0.478 e. The number of aromatic nitrogens is 1. The van der Waals surface area contributed by atoms with Crippen molar-refractivity contribution >= 4 is 49.4 Å². The summed E-state index contributed by atoms with van der Waals surface area (Å²) in [6.45, 7) is 0. The molecule has 1 amide bonds. The van der Waals surface area contributed by atoms with Crippen LogP contribution in [0.25, 0.3) is 0 Å². The van der Waals surface area contributed by atoms with Gasteiger partial charge in [0, 0.05) is 15.1 Å². The van der Waals surface area contributed by atoms with Crippen molar-refractivity contribution in [3.63, 3.8) is 0 Å². The molecule has 98 valence electrons. The molecular formula is C12H8Br2N2O3. The number of H-pyrrole nitrogens is 1. The van der Waals surface area contributed by atoms with E-state index in [0.717, 1.165) is 4.47 Å². The van der Waals surface area contributed by atoms with Gasteiger partial charge >= 0.3 is 5.97 Å². The third-order valence-electron chi connectivity index (χ3n) is 2.37. The molecule has 3 N–H and O–H groups in total. The van der Waals surface area contributed by atoms with E-state index in [1.54, 1.807) is 24.4 Å². The van der Waals surface area contributed by atoms with Crippen LogP contribution in [0.15, 0.2) is 39.4 Å². The second-order valence-corrected chi connectivity index (χ2v) is 5.42. The Labute approximate surface area is 125 Å². The SMILES string of the molecule is O=C(Nc1c(Br)cccc1C(=O)O)c1cc(Br)c[nH]1. The van der Waals surface area contributed by atoms with Gasteiger partial charge in [-0.05, 0) is 50.1 Å². The van der Waals surface area contributed by atoms with E-state index in [1.807, 2.05) is 0 Å². The maximum atomic E-state index is 12.0. The number of carboxylic acids is 1. The molecule has 1 aromatic carbocycles. The first kappa shape index (κ1) is 13.8. The summed E-state index contributed by atoms with van der Waals surface area (Å²) in [4.78, 5) is 25.9. The van der Waals surface area contributed by atoms with E-state index in [9.17, 15) is 9.59 Å². The lowest BCUT2D eigenvalue weighted by molar-refractivity contribution is 0.0698. The highest BCUT2D eigenvalue weighted by Crippen LogP contribution is 2.27. The topological polar surface area (TPSA) is 82.2 Å². The largest absolute Gasteiger partial charge is 0.478 e. The van der Waals surface area contributed by atoms with E-state index in [0.29, 0.717) is 10.2 Å². The van der Waals surface area contributed by atoms with Gasteiger partial charge in [-0.3, -0.25) is 4.79 Å². The number of hydrogen-bond acceptors (Lipinski definition) is 2. The molecular weight excluding hydrogens is 380 g/mol. The summed E-state index contributed by atoms with van der Waals surface area (Å²) in [7, 11) is 0. The van der Waals surface area contributed by atoms with Crippen molar-refractivity contribution in [2.75, 3.05) is 5.32 Å². The zero-order chi connectivity index (χ0) is 14.0. The molecule has 0 saturated carbocycles. The normalized spacial score (nSPS) is 10.2. The highest BCUT2D eigenvalue weighted by atomic mass is 79.9. The van der Waals surface area contributed by atoms with Gasteiger partial charge in [-0.1, -0.05) is 6.07 Å². The molecule has 0 aliphatic carbocycles. The fourth-order valence-electron chi connectivity index (χ4n) is 1.51. The smallest absolute Gasteiger partial charge is 0.337 e. The standard InChI is InChI=1S/C12H8Br2N2O3/c13-6-4-9(15-5-6)11(17)16-10-7(12(18)19)2-1-3-8(10)14/h1-5,15H,(H,16,17)(H,18,19). The van der Waals surface area contributed by atoms with Crippen LogP contribution in [0.1, 0.15) is 20.8 Å². The highest BCUT2D eigenvalue weighted by Gasteiger charge is 2.16. The maximum Gasteiger partial charge on any atom is 0.337 e. The highest BCUT2D eigenvalue weighted by molar-refractivity contribution is 9.10. The number of carbonyl (C=O) groups is 2. The third-order valence-corrected chi connectivity index (χ3v) is 3.49. The molecule has 2 rings (SSSR count). The predicted molar refractivity (Wildman–Crippen MR) is 77.5 cm³/mol. The number of amides is 1. The Balaban J connectivity index is 2.33. The molecule has 0 bridgehead atoms. The van der Waals surface area contributed by atoms with Crippen LogP contribution in [0, 0.1) is 0 Å². The maximum absolute atomic E-state index is 12.0. The number of aromatic amines is 1. The van der Waals surface area contributed by atoms with Gasteiger partial charge in [0.05, 0.1) is 11.3 Å². The number of carbonyl (C=O) groups excluding carboxylic acids is 1. The molecule has 0 aliphatic heterocycles. The Bertz CT molecular complexity index is 652. The minimum atomic E-state index is -1.11. The second kappa shape index (κ2) is 5.58. The number of para-hydroxylation sites is 1. The van der Waals surface area contributed by atoms with Crippen molar-refractivity contribution in [2.24, 2.45) is 0 Å². The lowest BCUT2D eigenvalue weighted by atomic mass is 10.2. The number of aromatic carboxylic acids is 1. The summed E-state index contributed by atoms with van der Waals surface area (Å²) < 4.78 is 1.25. The number of rotatable bonds is 3. The molecule has 0 radical (unpaired) electrons. The predicted octanol–water partition coefficient (Wildman–Crippen LogP) is 3.49. The Hall–Kier alpha value is -1.60. The summed E-state index contributed by atoms with van der Waals surface area (Å²) in [5.41, 5.74) is 0.582. The molecule has 19 heavy (non-hydrogen) atoms. The van der Waals surface area contributed by atoms with Crippen LogP contribution in [-0.4, -0.2) is 22.0 Å². The van der Waals surface area contributed by atoms with Crippen LogP contribution < -0.4 is 5.32 Å². The minimum absolute atomic E-state index is 0.0216. The Morgan fingerprint density at radius 3 is 2.58 bits per heavy atom. The van der Waals surface area contributed by atoms with Gasteiger partial charge < -0.3 is 15.4 Å². The van der Waals surface area contributed by atoms with Gasteiger partial charge in [-0.25, -0.2) is 4.79 Å². The van der Waals surface area contributed by atoms with Crippen LogP contribution in [0.2, 0.25) is 0 Å². The average molecular weight is 388 g/mol. The van der Waals surface area contributed by atoms with E-state index in [2.05, 4.69) is 42.2 Å². The van der Waals surface area contributed by atoms with Crippen molar-refractivity contribution in [3.05, 3.63) is 50.7 Å². The van der Waals surface area contributed by atoms with Crippen LogP contribution in [-0.2, 0) is 0 Å². The van der Waals surface area contributed by atoms with Crippen LogP contribution in [0.4, 0.5) is 5.69 Å². The quantitative estimate of drug-likeness (QED) is 0.753. The number of hydrogen-bond donors (Lipinski definition) is 3. The van der Waals surface area contributed by atoms with Gasteiger partial charge in [0.15, 0.2) is 0 Å². The fraction of sp³-hybridized carbons (Fsp3) is 0. The van der Waals surface area contributed by atoms with Crippen molar-refractivity contribution in [1.29, 1.82) is 0 Å². The number of nitrogens with one attached hydrogen (secondary N) is 2. The third kappa shape index (κ3) is 3.05. The van der Waals surface area contributed by atoms with Crippen LogP contribution in [0.5, 0.6) is 0 Å². The summed E-state index contributed by atoms with van der Waals surface area (Å²) in [6.07, 6.45) is 1.62. The van der Waals surface area contributed by atoms with Gasteiger partial charge in [-0.2, -0.15) is 0 Å². The molecule has 0 aliphatic rings. The zero-order valence-corrected chi connectivity index (χ0v) is 12.6. The van der Waals surface area contributed by atoms with Crippen LogP contribution in [0.3, 0.4) is 0 Å². The average Bonchev–Trinajstić information content (AvgIpc) is 2.78. The summed E-state index contributed by atoms with van der Waals surface area (Å²) in [5, 5.41) is 11.7. The van der Waals surface area contributed by atoms with E-state index in [1.165, 1.54) is 6.07 Å². The molecule has 1 aromatic heterocycles. The van der Waals surface area contributed by atoms with Gasteiger partial charge in [-0.15, -0.1) is 0 Å². The fourth-order valence-corrected chi connectivity index (χ4v) is 2.32. The number of anilines is 1. The van der Waals surface area contributed by atoms with Gasteiger partial charge in [0.1, 0.15) is 5.69 Å². The molecule has 0 unspecified atom stereocenters. The lowest BCUT2D eigenvalue weighted by Gasteiger charge is -2.09. The van der Waals surface area contributed by atoms with Crippen molar-refractivity contribution < 1.29 is 14.7 Å². The van der Waals surface area contributed by atoms with Crippen molar-refractivity contribution in [1.82, 2.24) is 4.98 Å². The van der Waals surface area contributed by atoms with Crippen molar-refractivity contribution in [3.8, 4) is 0 Å². The van der Waals surface area contributed by atoms with E-state index >= 15 is 0 Å².